The smallest absolute Gasteiger partial charge is 0.395 e. The molecule has 1 saturated heterocycles. The van der Waals surface area contributed by atoms with Crippen molar-refractivity contribution >= 4 is 111 Å². The molecule has 0 N–H and O–H groups in total. The first-order valence-corrected chi connectivity index (χ1v) is 23.2. The van der Waals surface area contributed by atoms with E-state index < -0.39 is 18.3 Å². The van der Waals surface area contributed by atoms with Crippen molar-refractivity contribution in [2.45, 2.75) is 39.4 Å². The maximum Gasteiger partial charge on any atom is 0.498 e. The highest BCUT2D eigenvalue weighted by molar-refractivity contribution is 14.1. The summed E-state index contributed by atoms with van der Waals surface area (Å²) in [6, 6.07) is 68.0. The number of aromatic nitrogens is 2. The van der Waals surface area contributed by atoms with Crippen LogP contribution in [0.15, 0.2) is 203 Å². The summed E-state index contributed by atoms with van der Waals surface area (Å²) in [6.07, 6.45) is 0. The van der Waals surface area contributed by atoms with E-state index in [1.807, 2.05) is 39.0 Å². The van der Waals surface area contributed by atoms with E-state index in [2.05, 4.69) is 246 Å². The summed E-state index contributed by atoms with van der Waals surface area (Å²) in [5.41, 5.74) is 9.51. The van der Waals surface area contributed by atoms with Crippen LogP contribution >= 0.6 is 54.5 Å². The Labute approximate surface area is 401 Å². The highest BCUT2D eigenvalue weighted by Crippen LogP contribution is 2.38. The topological polar surface area (TPSA) is 28.3 Å². The Hall–Kier alpha value is -5.10. The molecule has 0 spiro atoms. The van der Waals surface area contributed by atoms with E-state index in [1.54, 1.807) is 0 Å². The molecule has 3 heterocycles. The Bertz CT molecular complexity index is 3170. The Morgan fingerprint density at radius 3 is 1.46 bits per heavy atom. The van der Waals surface area contributed by atoms with Crippen LogP contribution in [0.1, 0.15) is 28.2 Å². The van der Waals surface area contributed by atoms with Crippen LogP contribution in [0.5, 0.6) is 0 Å². The number of fused-ring (bicyclic) bond motifs is 6. The first-order valence-electron chi connectivity index (χ1n) is 20.5. The minimum Gasteiger partial charge on any atom is -0.395 e. The van der Waals surface area contributed by atoms with Crippen LogP contribution in [0.2, 0.25) is 0 Å². The van der Waals surface area contributed by atoms with Gasteiger partial charge in [0, 0.05) is 52.4 Å². The van der Waals surface area contributed by atoms with Crippen molar-refractivity contribution in [3.8, 4) is 22.5 Å². The molecule has 63 heavy (non-hydrogen) atoms. The SMILES string of the molecule is Brc1cccc(-c2ccc3c4ccccc4n(-c4ccccc4)c3c2)c1.Brc1cccc(I)c1.C.[CH2+]C1(C)OB(c2ccc3c4ccccc4n(-c4ccccc4)c3c2)OC1(C)C. The second-order valence-electron chi connectivity index (χ2n) is 16.1. The van der Waals surface area contributed by atoms with Crippen LogP contribution in [0, 0.1) is 10.5 Å². The van der Waals surface area contributed by atoms with Crippen LogP contribution < -0.4 is 5.46 Å². The summed E-state index contributed by atoms with van der Waals surface area (Å²) in [4.78, 5) is 0. The van der Waals surface area contributed by atoms with Gasteiger partial charge in [0.1, 0.15) is 5.60 Å². The summed E-state index contributed by atoms with van der Waals surface area (Å²) in [7, 11) is -0.427. The van der Waals surface area contributed by atoms with E-state index in [4.69, 9.17) is 9.31 Å². The lowest BCUT2D eigenvalue weighted by molar-refractivity contribution is 0.0262. The van der Waals surface area contributed by atoms with Crippen LogP contribution in [0.3, 0.4) is 0 Å². The molecule has 1 atom stereocenters. The van der Waals surface area contributed by atoms with Crippen LogP contribution in [-0.2, 0) is 9.31 Å². The molecule has 11 rings (SSSR count). The van der Waals surface area contributed by atoms with Gasteiger partial charge < -0.3 is 18.4 Å². The standard InChI is InChI=1S/C24H23BNO2.C24H16BrN.C6H4BrI.CH4/c1-23(2)24(3,4)28-25(27-23)17-14-15-20-19-12-8-9-13-21(19)26(22(20)16-17)18-10-6-5-7-11-18;25-19-8-6-7-17(15-19)18-13-14-22-21-11-4-5-12-23(21)26(24(22)16-18)20-9-2-1-3-10-20;7-5-2-1-3-6(8)4-5;/h5-16H,1H2,2-4H3;1-16H;1-4H;1H4/q+1;;;. The first-order chi connectivity index (χ1) is 30.0. The second-order valence-corrected chi connectivity index (χ2v) is 19.2. The van der Waals surface area contributed by atoms with Crippen molar-refractivity contribution in [1.29, 1.82) is 0 Å². The Balaban J connectivity index is 0.000000145. The minimum absolute atomic E-state index is 0. The molecule has 1 aliphatic heterocycles. The summed E-state index contributed by atoms with van der Waals surface area (Å²) in [5, 5.41) is 5.02. The van der Waals surface area contributed by atoms with Gasteiger partial charge in [-0.3, -0.25) is 0 Å². The summed E-state index contributed by atoms with van der Waals surface area (Å²) in [6.45, 7) is 10.2. The fraction of sp³-hybridized carbons (Fsp3) is 0.109. The van der Waals surface area contributed by atoms with Gasteiger partial charge in [-0.1, -0.05) is 155 Å². The molecule has 8 aromatic carbocycles. The maximum absolute atomic E-state index is 6.22. The van der Waals surface area contributed by atoms with Gasteiger partial charge in [0.15, 0.2) is 0 Å². The molecule has 0 radical (unpaired) electrons. The number of nitrogens with zero attached hydrogens (tertiary/aromatic N) is 2. The number of hydrogen-bond acceptors (Lipinski definition) is 2. The Kier molecular flexibility index (Phi) is 13.1. The largest absolute Gasteiger partial charge is 0.498 e. The number of benzene rings is 8. The van der Waals surface area contributed by atoms with E-state index in [-0.39, 0.29) is 7.43 Å². The molecule has 1 unspecified atom stereocenters. The van der Waals surface area contributed by atoms with E-state index in [0.717, 1.165) is 25.6 Å². The van der Waals surface area contributed by atoms with Gasteiger partial charge in [0.05, 0.1) is 29.0 Å². The molecule has 0 saturated carbocycles. The third-order valence-corrected chi connectivity index (χ3v) is 13.3. The predicted octanol–water partition coefficient (Wildman–Crippen LogP) is 15.8. The van der Waals surface area contributed by atoms with Gasteiger partial charge in [-0.05, 0) is 132 Å². The molecule has 1 aliphatic rings. The van der Waals surface area contributed by atoms with Crippen molar-refractivity contribution < 1.29 is 9.31 Å². The average Bonchev–Trinajstić information content (AvgIpc) is 3.87. The van der Waals surface area contributed by atoms with E-state index in [1.165, 1.54) is 58.5 Å². The number of para-hydroxylation sites is 4. The van der Waals surface area contributed by atoms with Crippen LogP contribution in [0.4, 0.5) is 0 Å². The zero-order valence-corrected chi connectivity index (χ0v) is 39.9. The molecule has 0 bridgehead atoms. The predicted molar refractivity (Wildman–Crippen MR) is 284 cm³/mol. The normalized spacial score (nSPS) is 15.4. The third kappa shape index (κ3) is 9.02. The molecule has 1 fully saturated rings. The zero-order valence-electron chi connectivity index (χ0n) is 34.6. The second kappa shape index (κ2) is 18.6. The zero-order chi connectivity index (χ0) is 43.0. The van der Waals surface area contributed by atoms with Crippen molar-refractivity contribution in [2.75, 3.05) is 0 Å². The van der Waals surface area contributed by atoms with Crippen molar-refractivity contribution in [2.24, 2.45) is 0 Å². The molecule has 312 valence electrons. The number of halogens is 3. The van der Waals surface area contributed by atoms with E-state index in [9.17, 15) is 0 Å². The molecule has 2 aromatic heterocycles. The van der Waals surface area contributed by atoms with Gasteiger partial charge in [-0.15, -0.1) is 0 Å². The van der Waals surface area contributed by atoms with Gasteiger partial charge in [-0.2, -0.15) is 0 Å². The van der Waals surface area contributed by atoms with Crippen molar-refractivity contribution in [3.05, 3.63) is 214 Å². The highest BCUT2D eigenvalue weighted by atomic mass is 127. The van der Waals surface area contributed by atoms with Gasteiger partial charge in [0.2, 0.25) is 5.60 Å². The van der Waals surface area contributed by atoms with Crippen LogP contribution in [0.25, 0.3) is 66.1 Å². The van der Waals surface area contributed by atoms with Gasteiger partial charge in [-0.25, -0.2) is 0 Å². The summed E-state index contributed by atoms with van der Waals surface area (Å²) in [5.74, 6) is 0. The molecule has 0 aliphatic carbocycles. The lowest BCUT2D eigenvalue weighted by Gasteiger charge is -2.25. The monoisotopic (exact) mass is 1060 g/mol. The summed E-state index contributed by atoms with van der Waals surface area (Å²) < 4.78 is 20.6. The number of rotatable bonds is 4. The van der Waals surface area contributed by atoms with Crippen molar-refractivity contribution in [1.82, 2.24) is 9.13 Å². The lowest BCUT2D eigenvalue weighted by Crippen LogP contribution is -2.42. The quantitative estimate of drug-likeness (QED) is 0.0998. The van der Waals surface area contributed by atoms with E-state index >= 15 is 0 Å². The molecule has 8 heteroatoms. The molecule has 4 nitrogen and oxygen atoms in total. The maximum atomic E-state index is 6.22. The molecule has 0 amide bonds. The Morgan fingerprint density at radius 1 is 0.476 bits per heavy atom. The number of hydrogen-bond donors (Lipinski definition) is 0. The third-order valence-electron chi connectivity index (χ3n) is 11.7. The molecule has 10 aromatic rings. The minimum atomic E-state index is -0.598. The van der Waals surface area contributed by atoms with Gasteiger partial charge >= 0.3 is 7.12 Å². The Morgan fingerprint density at radius 2 is 0.952 bits per heavy atom. The highest BCUT2D eigenvalue weighted by Gasteiger charge is 2.57. The summed E-state index contributed by atoms with van der Waals surface area (Å²) >= 11 is 9.22. The molecular formula is C55H47BBr2IN2O2+. The van der Waals surface area contributed by atoms with E-state index in [0.29, 0.717) is 0 Å². The van der Waals surface area contributed by atoms with Gasteiger partial charge in [0.25, 0.3) is 0 Å². The fourth-order valence-electron chi connectivity index (χ4n) is 8.05. The first kappa shape index (κ1) is 44.5. The average molecular weight is 1070 g/mol. The fourth-order valence-corrected chi connectivity index (χ4v) is 9.82. The van der Waals surface area contributed by atoms with Crippen LogP contribution in [-0.4, -0.2) is 27.5 Å². The van der Waals surface area contributed by atoms with Crippen molar-refractivity contribution in [3.63, 3.8) is 0 Å². The molecular weight excluding hydrogens is 1020 g/mol. The lowest BCUT2D eigenvalue weighted by atomic mass is 9.79.